The van der Waals surface area contributed by atoms with E-state index in [1.165, 1.54) is 12.5 Å². The zero-order valence-corrected chi connectivity index (χ0v) is 11.6. The Hall–Kier alpha value is -1.76. The van der Waals surface area contributed by atoms with Crippen LogP contribution < -0.4 is 5.32 Å². The lowest BCUT2D eigenvalue weighted by Crippen LogP contribution is -2.38. The van der Waals surface area contributed by atoms with Crippen LogP contribution in [-0.4, -0.2) is 41.1 Å². The SMILES string of the molecule is O=C(C1C=C2C=CN([C@@H]3C[C@H]4CC[C@@H]3N4)C=C2O1)C(F)(F)F. The van der Waals surface area contributed by atoms with Gasteiger partial charge in [-0.05, 0) is 31.4 Å². The number of Topliss-reactive ketones (excluding diaryl/α,β-unsaturated/α-hetero) is 1. The van der Waals surface area contributed by atoms with E-state index in [4.69, 9.17) is 4.74 Å². The van der Waals surface area contributed by atoms with Crippen LogP contribution in [0.15, 0.2) is 35.9 Å². The summed E-state index contributed by atoms with van der Waals surface area (Å²) < 4.78 is 42.7. The fraction of sp³-hybridized carbons (Fsp3) is 0.533. The number of carbonyl (C=O) groups excluding carboxylic acids is 1. The molecule has 7 heteroatoms. The molecular weight excluding hydrogens is 297 g/mol. The first kappa shape index (κ1) is 13.9. The molecular formula is C15H15F3N2O2. The lowest BCUT2D eigenvalue weighted by atomic mass is 9.94. The van der Waals surface area contributed by atoms with Gasteiger partial charge in [0.05, 0.1) is 0 Å². The van der Waals surface area contributed by atoms with E-state index >= 15 is 0 Å². The molecule has 4 atom stereocenters. The molecule has 2 fully saturated rings. The summed E-state index contributed by atoms with van der Waals surface area (Å²) in [6.45, 7) is 0. The molecule has 0 aromatic carbocycles. The predicted molar refractivity (Wildman–Crippen MR) is 71.4 cm³/mol. The van der Waals surface area contributed by atoms with Crippen molar-refractivity contribution >= 4 is 5.78 Å². The number of nitrogens with zero attached hydrogens (tertiary/aromatic N) is 1. The number of ether oxygens (including phenoxy) is 1. The Kier molecular flexibility index (Phi) is 2.91. The molecule has 0 aromatic rings. The van der Waals surface area contributed by atoms with Gasteiger partial charge in [0.2, 0.25) is 0 Å². The van der Waals surface area contributed by atoms with E-state index in [0.29, 0.717) is 29.5 Å². The van der Waals surface area contributed by atoms with Crippen LogP contribution in [0.25, 0.3) is 0 Å². The maximum Gasteiger partial charge on any atom is 0.454 e. The normalized spacial score (nSPS) is 36.0. The first-order chi connectivity index (χ1) is 10.4. The number of allylic oxidation sites excluding steroid dienone is 1. The van der Waals surface area contributed by atoms with Crippen molar-refractivity contribution in [2.75, 3.05) is 0 Å². The van der Waals surface area contributed by atoms with Crippen molar-refractivity contribution in [3.05, 3.63) is 35.9 Å². The molecule has 0 aromatic heterocycles. The van der Waals surface area contributed by atoms with E-state index in [1.54, 1.807) is 12.3 Å². The molecule has 1 N–H and O–H groups in total. The Morgan fingerprint density at radius 1 is 1.36 bits per heavy atom. The summed E-state index contributed by atoms with van der Waals surface area (Å²) in [5.74, 6) is -1.52. The molecule has 1 unspecified atom stereocenters. The number of ketones is 1. The van der Waals surface area contributed by atoms with Gasteiger partial charge in [-0.2, -0.15) is 13.2 Å². The van der Waals surface area contributed by atoms with Gasteiger partial charge in [0.15, 0.2) is 6.10 Å². The molecule has 4 aliphatic heterocycles. The largest absolute Gasteiger partial charge is 0.476 e. The summed E-state index contributed by atoms with van der Waals surface area (Å²) in [6.07, 6.45) is 3.37. The molecule has 2 bridgehead atoms. The molecule has 4 rings (SSSR count). The van der Waals surface area contributed by atoms with Crippen LogP contribution in [0.1, 0.15) is 19.3 Å². The van der Waals surface area contributed by atoms with Crippen LogP contribution in [0.5, 0.6) is 0 Å². The Bertz CT molecular complexity index is 608. The Balaban J connectivity index is 1.51. The second-order valence-electron chi connectivity index (χ2n) is 6.13. The van der Waals surface area contributed by atoms with Crippen molar-refractivity contribution in [3.8, 4) is 0 Å². The van der Waals surface area contributed by atoms with Crippen molar-refractivity contribution in [3.63, 3.8) is 0 Å². The number of alkyl halides is 3. The maximum absolute atomic E-state index is 12.5. The molecule has 0 spiro atoms. The highest BCUT2D eigenvalue weighted by molar-refractivity contribution is 5.91. The zero-order chi connectivity index (χ0) is 15.5. The standard InChI is InChI=1S/C15H15F3N2O2/c16-15(17,18)14(21)12-5-8-3-4-20(7-13(8)22-12)11-6-9-1-2-10(11)19-9/h3-5,7,9-12,19H,1-2,6H2/t9-,10+,11-,12?/m1/s1. The summed E-state index contributed by atoms with van der Waals surface area (Å²) in [5.41, 5.74) is 0.537. The molecule has 4 nitrogen and oxygen atoms in total. The van der Waals surface area contributed by atoms with Crippen LogP contribution in [-0.2, 0) is 9.53 Å². The van der Waals surface area contributed by atoms with Gasteiger partial charge in [-0.1, -0.05) is 0 Å². The highest BCUT2D eigenvalue weighted by Gasteiger charge is 2.47. The fourth-order valence-corrected chi connectivity index (χ4v) is 3.69. The van der Waals surface area contributed by atoms with Gasteiger partial charge in [0.25, 0.3) is 5.78 Å². The smallest absolute Gasteiger partial charge is 0.454 e. The quantitative estimate of drug-likeness (QED) is 0.847. The average Bonchev–Trinajstić information content (AvgIpc) is 3.18. The van der Waals surface area contributed by atoms with Gasteiger partial charge >= 0.3 is 6.18 Å². The van der Waals surface area contributed by atoms with Crippen LogP contribution >= 0.6 is 0 Å². The third-order valence-electron chi connectivity index (χ3n) is 4.75. The average molecular weight is 312 g/mol. The van der Waals surface area contributed by atoms with Gasteiger partial charge in [0, 0.05) is 36.1 Å². The Morgan fingerprint density at radius 3 is 2.82 bits per heavy atom. The number of carbonyl (C=O) groups is 1. The first-order valence-electron chi connectivity index (χ1n) is 7.35. The summed E-state index contributed by atoms with van der Waals surface area (Å²) in [5, 5.41) is 3.52. The first-order valence-corrected chi connectivity index (χ1v) is 7.35. The molecule has 22 heavy (non-hydrogen) atoms. The van der Waals surface area contributed by atoms with Crippen LogP contribution in [0, 0.1) is 0 Å². The fourth-order valence-electron chi connectivity index (χ4n) is 3.69. The van der Waals surface area contributed by atoms with Crippen molar-refractivity contribution in [1.82, 2.24) is 10.2 Å². The van der Waals surface area contributed by atoms with Gasteiger partial charge < -0.3 is 15.0 Å². The lowest BCUT2D eigenvalue weighted by molar-refractivity contribution is -0.177. The van der Waals surface area contributed by atoms with Crippen LogP contribution in [0.3, 0.4) is 0 Å². The summed E-state index contributed by atoms with van der Waals surface area (Å²) in [6, 6.07) is 1.24. The third kappa shape index (κ3) is 2.15. The third-order valence-corrected chi connectivity index (χ3v) is 4.75. The highest BCUT2D eigenvalue weighted by Crippen LogP contribution is 2.37. The zero-order valence-electron chi connectivity index (χ0n) is 11.6. The second kappa shape index (κ2) is 4.62. The monoisotopic (exact) mass is 312 g/mol. The number of rotatable bonds is 2. The van der Waals surface area contributed by atoms with Gasteiger partial charge in [-0.3, -0.25) is 4.79 Å². The molecule has 2 saturated heterocycles. The Labute approximate surface area is 125 Å². The van der Waals surface area contributed by atoms with E-state index in [9.17, 15) is 18.0 Å². The summed E-state index contributed by atoms with van der Waals surface area (Å²) >= 11 is 0. The Morgan fingerprint density at radius 2 is 2.18 bits per heavy atom. The van der Waals surface area contributed by atoms with Crippen LogP contribution in [0.2, 0.25) is 0 Å². The number of hydrogen-bond donors (Lipinski definition) is 1. The number of hydrogen-bond acceptors (Lipinski definition) is 4. The number of nitrogens with one attached hydrogen (secondary N) is 1. The topological polar surface area (TPSA) is 41.6 Å². The number of fused-ring (bicyclic) bond motifs is 3. The molecule has 0 radical (unpaired) electrons. The van der Waals surface area contributed by atoms with Crippen molar-refractivity contribution in [1.29, 1.82) is 0 Å². The molecule has 0 aliphatic carbocycles. The molecule has 118 valence electrons. The van der Waals surface area contributed by atoms with E-state index in [-0.39, 0.29) is 0 Å². The van der Waals surface area contributed by atoms with Crippen molar-refractivity contribution in [2.45, 2.75) is 49.7 Å². The van der Waals surface area contributed by atoms with E-state index in [0.717, 1.165) is 12.8 Å². The van der Waals surface area contributed by atoms with E-state index in [2.05, 4.69) is 5.32 Å². The molecule has 4 heterocycles. The minimum atomic E-state index is -4.88. The highest BCUT2D eigenvalue weighted by atomic mass is 19.4. The predicted octanol–water partition coefficient (Wildman–Crippen LogP) is 2.01. The van der Waals surface area contributed by atoms with Crippen molar-refractivity contribution < 1.29 is 22.7 Å². The van der Waals surface area contributed by atoms with Gasteiger partial charge in [-0.25, -0.2) is 0 Å². The molecule has 0 saturated carbocycles. The van der Waals surface area contributed by atoms with Crippen LogP contribution in [0.4, 0.5) is 13.2 Å². The van der Waals surface area contributed by atoms with Crippen molar-refractivity contribution in [2.24, 2.45) is 0 Å². The minimum absolute atomic E-state index is 0.296. The maximum atomic E-state index is 12.5. The summed E-state index contributed by atoms with van der Waals surface area (Å²) in [7, 11) is 0. The van der Waals surface area contributed by atoms with Gasteiger partial charge in [-0.15, -0.1) is 0 Å². The summed E-state index contributed by atoms with van der Waals surface area (Å²) in [4.78, 5) is 13.3. The second-order valence-corrected chi connectivity index (χ2v) is 6.13. The number of halogens is 3. The van der Waals surface area contributed by atoms with E-state index < -0.39 is 18.1 Å². The lowest BCUT2D eigenvalue weighted by Gasteiger charge is -2.32. The molecule has 0 amide bonds. The van der Waals surface area contributed by atoms with E-state index in [1.807, 2.05) is 11.1 Å². The minimum Gasteiger partial charge on any atom is -0.476 e. The van der Waals surface area contributed by atoms with Gasteiger partial charge in [0.1, 0.15) is 5.76 Å². The molecule has 4 aliphatic rings.